The maximum absolute atomic E-state index is 13.5. The number of sulfonamides is 1. The Morgan fingerprint density at radius 2 is 1.71 bits per heavy atom. The fraction of sp³-hybridized carbons (Fsp3) is 0.280. The molecule has 0 unspecified atom stereocenters. The van der Waals surface area contributed by atoms with E-state index in [4.69, 9.17) is 25.8 Å². The molecule has 0 radical (unpaired) electrons. The van der Waals surface area contributed by atoms with E-state index in [9.17, 15) is 13.5 Å². The fourth-order valence-corrected chi connectivity index (χ4v) is 4.59. The Kier molecular flexibility index (Phi) is 7.97. The lowest BCUT2D eigenvalue weighted by Crippen LogP contribution is -2.19. The number of aliphatic hydroxyl groups is 1. The topological polar surface area (TPSA) is 94.1 Å². The number of para-hydroxylation sites is 1. The smallest absolute Gasteiger partial charge is 0.265 e. The molecule has 0 aromatic heterocycles. The van der Waals surface area contributed by atoms with Gasteiger partial charge in [-0.2, -0.15) is 0 Å². The number of hydrogen-bond acceptors (Lipinski definition) is 6. The lowest BCUT2D eigenvalue weighted by molar-refractivity contribution is 0.194. The zero-order valence-electron chi connectivity index (χ0n) is 19.5. The summed E-state index contributed by atoms with van der Waals surface area (Å²) >= 11 is 6.36. The molecule has 0 atom stereocenters. The third kappa shape index (κ3) is 5.94. The molecule has 0 heterocycles. The van der Waals surface area contributed by atoms with Gasteiger partial charge in [0.25, 0.3) is 10.0 Å². The summed E-state index contributed by atoms with van der Waals surface area (Å²) in [5, 5.41) is 9.66. The molecule has 0 aliphatic carbocycles. The van der Waals surface area contributed by atoms with Gasteiger partial charge >= 0.3 is 0 Å². The number of ether oxygens (including phenoxy) is 3. The first-order valence-electron chi connectivity index (χ1n) is 10.6. The van der Waals surface area contributed by atoms with Crippen LogP contribution in [-0.4, -0.2) is 33.8 Å². The first kappa shape index (κ1) is 25.7. The van der Waals surface area contributed by atoms with Gasteiger partial charge in [0.2, 0.25) is 0 Å². The fourth-order valence-electron chi connectivity index (χ4n) is 3.25. The molecule has 3 aromatic carbocycles. The minimum Gasteiger partial charge on any atom is -0.497 e. The van der Waals surface area contributed by atoms with E-state index in [1.807, 2.05) is 20.8 Å². The maximum atomic E-state index is 13.5. The largest absolute Gasteiger partial charge is 0.497 e. The summed E-state index contributed by atoms with van der Waals surface area (Å²) in [6.07, 6.45) is 0. The summed E-state index contributed by atoms with van der Waals surface area (Å²) in [5.41, 5.74) is 0.676. The molecule has 0 fully saturated rings. The molecule has 0 bridgehead atoms. The van der Waals surface area contributed by atoms with E-state index in [1.54, 1.807) is 54.6 Å². The molecule has 3 aromatic rings. The third-order valence-electron chi connectivity index (χ3n) is 4.89. The SMILES string of the molecule is COc1ccc(Cl)c(Oc2c(S(=O)(=O)Nc3ccccc3)ccc(C(C)(C)C)c2OCCO)c1. The van der Waals surface area contributed by atoms with Gasteiger partial charge in [-0.05, 0) is 35.7 Å². The highest BCUT2D eigenvalue weighted by Crippen LogP contribution is 2.46. The van der Waals surface area contributed by atoms with Crippen molar-refractivity contribution in [2.24, 2.45) is 0 Å². The Morgan fingerprint density at radius 1 is 1.00 bits per heavy atom. The zero-order chi connectivity index (χ0) is 24.9. The summed E-state index contributed by atoms with van der Waals surface area (Å²) in [6.45, 7) is 5.58. The summed E-state index contributed by atoms with van der Waals surface area (Å²) in [6, 6.07) is 16.5. The summed E-state index contributed by atoms with van der Waals surface area (Å²) < 4.78 is 46.7. The Bertz CT molecular complexity index is 1240. The van der Waals surface area contributed by atoms with Crippen LogP contribution < -0.4 is 18.9 Å². The highest BCUT2D eigenvalue weighted by atomic mass is 35.5. The van der Waals surface area contributed by atoms with Crippen molar-refractivity contribution in [2.75, 3.05) is 25.0 Å². The van der Waals surface area contributed by atoms with Crippen molar-refractivity contribution in [3.63, 3.8) is 0 Å². The molecule has 2 N–H and O–H groups in total. The number of halogens is 1. The summed E-state index contributed by atoms with van der Waals surface area (Å²) in [5.74, 6) is 0.837. The summed E-state index contributed by atoms with van der Waals surface area (Å²) in [4.78, 5) is -0.142. The average Bonchev–Trinajstić information content (AvgIpc) is 2.78. The van der Waals surface area contributed by atoms with Gasteiger partial charge in [0, 0.05) is 17.3 Å². The van der Waals surface area contributed by atoms with Crippen LogP contribution in [0.5, 0.6) is 23.0 Å². The second kappa shape index (κ2) is 10.5. The highest BCUT2D eigenvalue weighted by Gasteiger charge is 2.30. The van der Waals surface area contributed by atoms with Gasteiger partial charge < -0.3 is 19.3 Å². The predicted molar refractivity (Wildman–Crippen MR) is 133 cm³/mol. The molecule has 0 spiro atoms. The van der Waals surface area contributed by atoms with Crippen LogP contribution >= 0.6 is 11.6 Å². The van der Waals surface area contributed by atoms with Crippen molar-refractivity contribution < 1.29 is 27.7 Å². The van der Waals surface area contributed by atoms with E-state index < -0.39 is 15.4 Å². The lowest BCUT2D eigenvalue weighted by atomic mass is 9.86. The number of methoxy groups -OCH3 is 1. The van der Waals surface area contributed by atoms with Crippen molar-refractivity contribution in [3.8, 4) is 23.0 Å². The Labute approximate surface area is 205 Å². The highest BCUT2D eigenvalue weighted by molar-refractivity contribution is 7.92. The van der Waals surface area contributed by atoms with Crippen LogP contribution in [0, 0.1) is 0 Å². The molecular formula is C25H28ClNO6S. The van der Waals surface area contributed by atoms with Crippen molar-refractivity contribution in [1.29, 1.82) is 0 Å². The maximum Gasteiger partial charge on any atom is 0.265 e. The van der Waals surface area contributed by atoms with Gasteiger partial charge in [-0.1, -0.05) is 56.6 Å². The van der Waals surface area contributed by atoms with E-state index >= 15 is 0 Å². The van der Waals surface area contributed by atoms with Crippen LogP contribution in [-0.2, 0) is 15.4 Å². The van der Waals surface area contributed by atoms with Crippen molar-refractivity contribution in [1.82, 2.24) is 0 Å². The molecular weight excluding hydrogens is 478 g/mol. The minimum absolute atomic E-state index is 0.0422. The summed E-state index contributed by atoms with van der Waals surface area (Å²) in [7, 11) is -2.59. The van der Waals surface area contributed by atoms with Crippen LogP contribution in [0.1, 0.15) is 26.3 Å². The number of benzene rings is 3. The minimum atomic E-state index is -4.09. The van der Waals surface area contributed by atoms with Crippen LogP contribution in [0.15, 0.2) is 65.6 Å². The quantitative estimate of drug-likeness (QED) is 0.392. The molecule has 7 nitrogen and oxygen atoms in total. The molecule has 3 rings (SSSR count). The van der Waals surface area contributed by atoms with Gasteiger partial charge in [0.05, 0.1) is 18.7 Å². The van der Waals surface area contributed by atoms with E-state index in [-0.39, 0.29) is 40.4 Å². The number of rotatable bonds is 9. The number of hydrogen-bond donors (Lipinski definition) is 2. The van der Waals surface area contributed by atoms with Gasteiger partial charge in [0.1, 0.15) is 23.0 Å². The normalized spacial score (nSPS) is 11.7. The second-order valence-corrected chi connectivity index (χ2v) is 10.5. The average molecular weight is 506 g/mol. The van der Waals surface area contributed by atoms with E-state index in [1.165, 1.54) is 13.2 Å². The van der Waals surface area contributed by atoms with Crippen molar-refractivity contribution in [3.05, 3.63) is 71.2 Å². The van der Waals surface area contributed by atoms with Crippen LogP contribution in [0.3, 0.4) is 0 Å². The lowest BCUT2D eigenvalue weighted by Gasteiger charge is -2.26. The van der Waals surface area contributed by atoms with E-state index in [2.05, 4.69) is 4.72 Å². The first-order valence-corrected chi connectivity index (χ1v) is 12.4. The Hall–Kier alpha value is -2.94. The number of anilines is 1. The standard InChI is InChI=1S/C25H28ClNO6S/c1-25(2,3)19-11-13-22(34(29,30)27-17-8-6-5-7-9-17)24(23(19)32-15-14-28)33-21-16-18(31-4)10-12-20(21)26/h5-13,16,27-28H,14-15H2,1-4H3. The van der Waals surface area contributed by atoms with Gasteiger partial charge in [0.15, 0.2) is 11.5 Å². The molecule has 182 valence electrons. The molecule has 0 aliphatic rings. The number of nitrogens with one attached hydrogen (secondary N) is 1. The Balaban J connectivity index is 2.24. The van der Waals surface area contributed by atoms with Gasteiger partial charge in [-0.25, -0.2) is 8.42 Å². The van der Waals surface area contributed by atoms with Crippen LogP contribution in [0.2, 0.25) is 5.02 Å². The van der Waals surface area contributed by atoms with Crippen LogP contribution in [0.25, 0.3) is 0 Å². The van der Waals surface area contributed by atoms with E-state index in [0.29, 0.717) is 17.0 Å². The third-order valence-corrected chi connectivity index (χ3v) is 6.60. The second-order valence-electron chi connectivity index (χ2n) is 8.46. The zero-order valence-corrected chi connectivity index (χ0v) is 21.0. The van der Waals surface area contributed by atoms with Crippen LogP contribution in [0.4, 0.5) is 5.69 Å². The molecule has 9 heteroatoms. The van der Waals surface area contributed by atoms with Crippen molar-refractivity contribution >= 4 is 27.3 Å². The number of aliphatic hydroxyl groups excluding tert-OH is 1. The molecule has 0 aliphatic heterocycles. The predicted octanol–water partition coefficient (Wildman–Crippen LogP) is 5.61. The monoisotopic (exact) mass is 505 g/mol. The van der Waals surface area contributed by atoms with Crippen molar-refractivity contribution in [2.45, 2.75) is 31.1 Å². The van der Waals surface area contributed by atoms with E-state index in [0.717, 1.165) is 0 Å². The molecule has 0 saturated carbocycles. The molecule has 34 heavy (non-hydrogen) atoms. The molecule has 0 amide bonds. The first-order chi connectivity index (χ1) is 16.1. The van der Waals surface area contributed by atoms with Gasteiger partial charge in [-0.3, -0.25) is 4.72 Å². The Morgan fingerprint density at radius 3 is 2.32 bits per heavy atom. The van der Waals surface area contributed by atoms with Gasteiger partial charge in [-0.15, -0.1) is 0 Å². The molecule has 0 saturated heterocycles.